The monoisotopic (exact) mass is 475 g/mol. The van der Waals surface area contributed by atoms with E-state index in [0.29, 0.717) is 6.61 Å². The fourth-order valence-electron chi connectivity index (χ4n) is 3.99. The second kappa shape index (κ2) is 18.5. The van der Waals surface area contributed by atoms with E-state index in [4.69, 9.17) is 9.47 Å². The molecule has 1 heterocycles. The van der Waals surface area contributed by atoms with Gasteiger partial charge in [0.1, 0.15) is 24.4 Å². The molecule has 1 fully saturated rings. The van der Waals surface area contributed by atoms with E-state index >= 15 is 0 Å². The van der Waals surface area contributed by atoms with Gasteiger partial charge in [0.2, 0.25) is 5.91 Å². The second-order valence-corrected chi connectivity index (χ2v) is 9.61. The molecule has 0 unspecified atom stereocenters. The Morgan fingerprint density at radius 2 is 1.27 bits per heavy atom. The summed E-state index contributed by atoms with van der Waals surface area (Å²) in [4.78, 5) is 11.4. The lowest BCUT2D eigenvalue weighted by atomic mass is 9.99. The van der Waals surface area contributed by atoms with Crippen molar-refractivity contribution in [2.45, 2.75) is 128 Å². The van der Waals surface area contributed by atoms with Crippen molar-refractivity contribution in [1.82, 2.24) is 5.32 Å². The second-order valence-electron chi connectivity index (χ2n) is 9.61. The van der Waals surface area contributed by atoms with Crippen LogP contribution in [0, 0.1) is 5.92 Å². The molecule has 1 aliphatic heterocycles. The molecule has 0 aromatic carbocycles. The van der Waals surface area contributed by atoms with E-state index < -0.39 is 37.3 Å². The molecule has 5 atom stereocenters. The van der Waals surface area contributed by atoms with Crippen LogP contribution in [0.1, 0.15) is 97.3 Å². The van der Waals surface area contributed by atoms with E-state index in [-0.39, 0.29) is 11.8 Å². The highest BCUT2D eigenvalue weighted by molar-refractivity contribution is 5.77. The van der Waals surface area contributed by atoms with Crippen LogP contribution in [-0.2, 0) is 14.3 Å². The Hall–Kier alpha value is -0.770. The van der Waals surface area contributed by atoms with Crippen LogP contribution in [0.3, 0.4) is 0 Å². The number of nitrogens with one attached hydrogen (secondary N) is 1. The molecule has 196 valence electrons. The molecule has 0 spiro atoms. The molecule has 0 bridgehead atoms. The molecule has 0 saturated carbocycles. The summed E-state index contributed by atoms with van der Waals surface area (Å²) in [7, 11) is 0. The fourth-order valence-corrected chi connectivity index (χ4v) is 3.99. The average Bonchev–Trinajstić information content (AvgIpc) is 2.80. The lowest BCUT2D eigenvalue weighted by Crippen LogP contribution is -2.59. The van der Waals surface area contributed by atoms with Gasteiger partial charge in [-0.2, -0.15) is 0 Å². The highest BCUT2D eigenvalue weighted by Crippen LogP contribution is 2.22. The average molecular weight is 476 g/mol. The van der Waals surface area contributed by atoms with Crippen molar-refractivity contribution in [2.24, 2.45) is 5.92 Å². The third kappa shape index (κ3) is 13.0. The number of carbonyl (C=O) groups excluding carboxylic acids is 1. The van der Waals surface area contributed by atoms with Crippen LogP contribution in [0.2, 0.25) is 0 Å². The summed E-state index contributed by atoms with van der Waals surface area (Å²) >= 11 is 0. The van der Waals surface area contributed by atoms with Gasteiger partial charge in [-0.1, -0.05) is 84.5 Å². The molecule has 33 heavy (non-hydrogen) atoms. The van der Waals surface area contributed by atoms with Crippen molar-refractivity contribution in [3.05, 3.63) is 0 Å². The maximum absolute atomic E-state index is 11.4. The van der Waals surface area contributed by atoms with Crippen molar-refractivity contribution in [3.63, 3.8) is 0 Å². The van der Waals surface area contributed by atoms with Crippen molar-refractivity contribution in [3.8, 4) is 0 Å². The molecule has 8 heteroatoms. The number of amides is 1. The third-order valence-corrected chi connectivity index (χ3v) is 6.28. The zero-order valence-corrected chi connectivity index (χ0v) is 20.8. The Morgan fingerprint density at radius 3 is 1.76 bits per heavy atom. The van der Waals surface area contributed by atoms with Gasteiger partial charge in [-0.25, -0.2) is 0 Å². The molecule has 1 aliphatic rings. The Bertz CT molecular complexity index is 489. The van der Waals surface area contributed by atoms with Gasteiger partial charge < -0.3 is 35.2 Å². The Morgan fingerprint density at radius 1 is 0.788 bits per heavy atom. The third-order valence-electron chi connectivity index (χ3n) is 6.28. The minimum absolute atomic E-state index is 0.0732. The molecule has 0 aromatic heterocycles. The molecule has 0 aliphatic carbocycles. The molecule has 8 nitrogen and oxygen atoms in total. The van der Waals surface area contributed by atoms with E-state index in [2.05, 4.69) is 5.32 Å². The topological polar surface area (TPSA) is 128 Å². The molecular weight excluding hydrogens is 426 g/mol. The summed E-state index contributed by atoms with van der Waals surface area (Å²) in [5.41, 5.74) is 0. The number of carbonyl (C=O) groups is 1. The number of aliphatic hydroxyl groups excluding tert-OH is 4. The molecule has 0 radical (unpaired) electrons. The van der Waals surface area contributed by atoms with Crippen LogP contribution in [0.25, 0.3) is 0 Å². The van der Waals surface area contributed by atoms with Gasteiger partial charge in [-0.3, -0.25) is 4.79 Å². The summed E-state index contributed by atoms with van der Waals surface area (Å²) in [5, 5.41) is 41.6. The number of ether oxygens (including phenoxy) is 2. The smallest absolute Gasteiger partial charge is 0.222 e. The molecule has 0 aromatic rings. The van der Waals surface area contributed by atoms with Crippen molar-refractivity contribution in [1.29, 1.82) is 0 Å². The van der Waals surface area contributed by atoms with E-state index in [9.17, 15) is 25.2 Å². The van der Waals surface area contributed by atoms with Crippen LogP contribution in [-0.4, -0.2) is 76.8 Å². The summed E-state index contributed by atoms with van der Waals surface area (Å²) in [6.07, 6.45) is 9.48. The summed E-state index contributed by atoms with van der Waals surface area (Å²) < 4.78 is 10.8. The van der Waals surface area contributed by atoms with Crippen molar-refractivity contribution in [2.75, 3.05) is 19.8 Å². The van der Waals surface area contributed by atoms with Crippen LogP contribution in [0.15, 0.2) is 0 Å². The lowest BCUT2D eigenvalue weighted by molar-refractivity contribution is -0.301. The van der Waals surface area contributed by atoms with Gasteiger partial charge in [0.15, 0.2) is 6.29 Å². The van der Waals surface area contributed by atoms with Gasteiger partial charge in [-0.05, 0) is 12.8 Å². The SMILES string of the molecule is CC(C)C(=O)NCCCCCCCCCCCCCCCO[C@@H]1O[C@H](CO)[C@@H](O)[C@H](O)[C@H]1O. The quantitative estimate of drug-likeness (QED) is 0.182. The Kier molecular flexibility index (Phi) is 17.0. The first-order valence-corrected chi connectivity index (χ1v) is 13.1. The van der Waals surface area contributed by atoms with Gasteiger partial charge in [0, 0.05) is 19.1 Å². The van der Waals surface area contributed by atoms with Crippen LogP contribution in [0.4, 0.5) is 0 Å². The minimum Gasteiger partial charge on any atom is -0.394 e. The van der Waals surface area contributed by atoms with E-state index in [1.807, 2.05) is 13.8 Å². The van der Waals surface area contributed by atoms with Crippen LogP contribution < -0.4 is 5.32 Å². The Labute approximate surface area is 200 Å². The number of hydrogen-bond acceptors (Lipinski definition) is 7. The minimum atomic E-state index is -1.38. The lowest BCUT2D eigenvalue weighted by Gasteiger charge is -2.39. The molecule has 1 saturated heterocycles. The first-order chi connectivity index (χ1) is 15.9. The highest BCUT2D eigenvalue weighted by Gasteiger charge is 2.43. The van der Waals surface area contributed by atoms with Gasteiger partial charge in [-0.15, -0.1) is 0 Å². The Balaban J connectivity index is 1.84. The predicted octanol–water partition coefficient (Wildman–Crippen LogP) is 2.65. The number of unbranched alkanes of at least 4 members (excludes halogenated alkanes) is 12. The van der Waals surface area contributed by atoms with Crippen molar-refractivity contribution < 1.29 is 34.7 Å². The summed E-state index contributed by atoms with van der Waals surface area (Å²) in [6.45, 7) is 4.61. The van der Waals surface area contributed by atoms with Gasteiger partial charge in [0.05, 0.1) is 6.61 Å². The summed E-state index contributed by atoms with van der Waals surface area (Å²) in [6, 6.07) is 0. The number of hydrogen-bond donors (Lipinski definition) is 5. The number of aliphatic hydroxyl groups is 4. The zero-order valence-electron chi connectivity index (χ0n) is 20.8. The van der Waals surface area contributed by atoms with Gasteiger partial charge >= 0.3 is 0 Å². The maximum atomic E-state index is 11.4. The molecule has 1 rings (SSSR count). The molecular formula is C25H49NO7. The maximum Gasteiger partial charge on any atom is 0.222 e. The molecule has 5 N–H and O–H groups in total. The fraction of sp³-hybridized carbons (Fsp3) is 0.960. The normalized spacial score (nSPS) is 25.5. The van der Waals surface area contributed by atoms with Crippen LogP contribution in [0.5, 0.6) is 0 Å². The highest BCUT2D eigenvalue weighted by atomic mass is 16.7. The van der Waals surface area contributed by atoms with E-state index in [0.717, 1.165) is 32.2 Å². The summed E-state index contributed by atoms with van der Waals surface area (Å²) in [5.74, 6) is 0.223. The van der Waals surface area contributed by atoms with Gasteiger partial charge in [0.25, 0.3) is 0 Å². The first kappa shape index (κ1) is 30.3. The van der Waals surface area contributed by atoms with Crippen molar-refractivity contribution >= 4 is 5.91 Å². The van der Waals surface area contributed by atoms with E-state index in [1.165, 1.54) is 57.8 Å². The van der Waals surface area contributed by atoms with E-state index in [1.54, 1.807) is 0 Å². The predicted molar refractivity (Wildman–Crippen MR) is 128 cm³/mol. The standard InChI is InChI=1S/C25H49NO7/c1-19(2)24(31)26-16-14-12-10-8-6-4-3-5-7-9-11-13-15-17-32-25-23(30)22(29)21(28)20(18-27)33-25/h19-23,25,27-30H,3-18H2,1-2H3,(H,26,31)/t20-,21-,22+,23-,25-/m1/s1. The molecule has 1 amide bonds. The number of rotatable bonds is 19. The zero-order chi connectivity index (χ0) is 24.5. The largest absolute Gasteiger partial charge is 0.394 e. The first-order valence-electron chi connectivity index (χ1n) is 13.1. The van der Waals surface area contributed by atoms with Crippen LogP contribution >= 0.6 is 0 Å².